The fourth-order valence-corrected chi connectivity index (χ4v) is 2.32. The molecule has 3 nitrogen and oxygen atoms in total. The van der Waals surface area contributed by atoms with Crippen LogP contribution in [-0.4, -0.2) is 31.1 Å². The lowest BCUT2D eigenvalue weighted by Gasteiger charge is -2.33. The molecule has 0 saturated carbocycles. The van der Waals surface area contributed by atoms with Gasteiger partial charge in [-0.25, -0.2) is 0 Å². The highest BCUT2D eigenvalue weighted by Gasteiger charge is 2.37. The van der Waals surface area contributed by atoms with Crippen LogP contribution in [0, 0.1) is 0 Å². The molecular weight excluding hydrogens is 236 g/mol. The first-order valence-corrected chi connectivity index (χ1v) is 7.00. The molecule has 0 saturated heterocycles. The maximum atomic E-state index is 12.7. The fourth-order valence-electron chi connectivity index (χ4n) is 2.32. The molecule has 0 aliphatic carbocycles. The van der Waals surface area contributed by atoms with Crippen LogP contribution in [0.2, 0.25) is 0 Å². The summed E-state index contributed by atoms with van der Waals surface area (Å²) in [6.45, 7) is 6.16. The highest BCUT2D eigenvalue weighted by Crippen LogP contribution is 2.32. The molecule has 1 aromatic rings. The SMILES string of the molecule is CCC(CC)(C(=O)NC(C)N(C)C)c1ccccc1. The summed E-state index contributed by atoms with van der Waals surface area (Å²) < 4.78 is 0. The van der Waals surface area contributed by atoms with Crippen LogP contribution in [0.25, 0.3) is 0 Å². The molecule has 0 spiro atoms. The second-order valence-corrected chi connectivity index (χ2v) is 5.27. The molecule has 0 aromatic heterocycles. The molecule has 1 unspecified atom stereocenters. The Morgan fingerprint density at radius 3 is 2.16 bits per heavy atom. The lowest BCUT2D eigenvalue weighted by Crippen LogP contribution is -2.51. The minimum atomic E-state index is -0.425. The molecule has 0 bridgehead atoms. The van der Waals surface area contributed by atoms with Gasteiger partial charge in [0.25, 0.3) is 0 Å². The minimum absolute atomic E-state index is 0.0358. The van der Waals surface area contributed by atoms with Crippen molar-refractivity contribution in [2.45, 2.75) is 45.2 Å². The van der Waals surface area contributed by atoms with Gasteiger partial charge in [-0.2, -0.15) is 0 Å². The van der Waals surface area contributed by atoms with Gasteiger partial charge in [0.1, 0.15) is 0 Å². The van der Waals surface area contributed by atoms with Gasteiger partial charge in [-0.05, 0) is 39.4 Å². The summed E-state index contributed by atoms with van der Waals surface area (Å²) in [4.78, 5) is 14.7. The van der Waals surface area contributed by atoms with E-state index < -0.39 is 5.41 Å². The van der Waals surface area contributed by atoms with Gasteiger partial charge in [0.2, 0.25) is 5.91 Å². The topological polar surface area (TPSA) is 32.3 Å². The maximum Gasteiger partial charge on any atom is 0.231 e. The third-order valence-corrected chi connectivity index (χ3v) is 4.08. The molecule has 0 radical (unpaired) electrons. The molecule has 3 heteroatoms. The molecule has 0 fully saturated rings. The smallest absolute Gasteiger partial charge is 0.231 e. The second kappa shape index (κ2) is 6.71. The molecule has 0 aliphatic rings. The predicted octanol–water partition coefficient (Wildman–Crippen LogP) is 2.77. The zero-order valence-electron chi connectivity index (χ0n) is 12.7. The van der Waals surface area contributed by atoms with Crippen molar-refractivity contribution < 1.29 is 4.79 Å². The van der Waals surface area contributed by atoms with Crippen LogP contribution in [0.1, 0.15) is 39.2 Å². The molecule has 1 rings (SSSR count). The van der Waals surface area contributed by atoms with Crippen LogP contribution < -0.4 is 5.32 Å². The van der Waals surface area contributed by atoms with Crippen molar-refractivity contribution in [3.8, 4) is 0 Å². The molecule has 1 aromatic carbocycles. The standard InChI is InChI=1S/C16H26N2O/c1-6-16(7-2,14-11-9-8-10-12-14)15(19)17-13(3)18(4)5/h8-13H,6-7H2,1-5H3,(H,17,19). The Bertz CT molecular complexity index is 396. The lowest BCUT2D eigenvalue weighted by atomic mass is 9.75. The highest BCUT2D eigenvalue weighted by atomic mass is 16.2. The number of carbonyl (C=O) groups is 1. The Morgan fingerprint density at radius 1 is 1.21 bits per heavy atom. The number of nitrogens with zero attached hydrogens (tertiary/aromatic N) is 1. The van der Waals surface area contributed by atoms with Crippen molar-refractivity contribution in [2.24, 2.45) is 0 Å². The lowest BCUT2D eigenvalue weighted by molar-refractivity contribution is -0.128. The van der Waals surface area contributed by atoms with Gasteiger partial charge in [-0.3, -0.25) is 9.69 Å². The van der Waals surface area contributed by atoms with Gasteiger partial charge >= 0.3 is 0 Å². The Morgan fingerprint density at radius 2 is 1.74 bits per heavy atom. The van der Waals surface area contributed by atoms with Crippen LogP contribution in [0.4, 0.5) is 0 Å². The van der Waals surface area contributed by atoms with Crippen LogP contribution in [-0.2, 0) is 10.2 Å². The summed E-state index contributed by atoms with van der Waals surface area (Å²) in [5, 5.41) is 3.11. The number of hydrogen-bond acceptors (Lipinski definition) is 2. The average Bonchev–Trinajstić information content (AvgIpc) is 2.42. The quantitative estimate of drug-likeness (QED) is 0.800. The van der Waals surface area contributed by atoms with Gasteiger partial charge in [-0.1, -0.05) is 44.2 Å². The Kier molecular flexibility index (Phi) is 5.55. The van der Waals surface area contributed by atoms with Gasteiger partial charge < -0.3 is 5.32 Å². The van der Waals surface area contributed by atoms with E-state index in [-0.39, 0.29) is 12.1 Å². The summed E-state index contributed by atoms with van der Waals surface area (Å²) in [5.41, 5.74) is 0.675. The highest BCUT2D eigenvalue weighted by molar-refractivity contribution is 5.88. The van der Waals surface area contributed by atoms with E-state index in [1.807, 2.05) is 56.3 Å². The summed E-state index contributed by atoms with van der Waals surface area (Å²) >= 11 is 0. The summed E-state index contributed by atoms with van der Waals surface area (Å²) in [5.74, 6) is 0.116. The summed E-state index contributed by atoms with van der Waals surface area (Å²) in [6, 6.07) is 10.1. The van der Waals surface area contributed by atoms with E-state index in [0.717, 1.165) is 18.4 Å². The van der Waals surface area contributed by atoms with Gasteiger partial charge in [0.05, 0.1) is 11.6 Å². The molecule has 1 atom stereocenters. The first kappa shape index (κ1) is 15.7. The van der Waals surface area contributed by atoms with Crippen LogP contribution in [0.5, 0.6) is 0 Å². The Balaban J connectivity index is 3.03. The summed E-state index contributed by atoms with van der Waals surface area (Å²) in [7, 11) is 3.93. The molecule has 1 amide bonds. The van der Waals surface area contributed by atoms with Crippen LogP contribution in [0.15, 0.2) is 30.3 Å². The van der Waals surface area contributed by atoms with E-state index >= 15 is 0 Å². The van der Waals surface area contributed by atoms with E-state index in [1.165, 1.54) is 0 Å². The van der Waals surface area contributed by atoms with Crippen molar-refractivity contribution in [1.29, 1.82) is 0 Å². The van der Waals surface area contributed by atoms with Crippen molar-refractivity contribution >= 4 is 5.91 Å². The minimum Gasteiger partial charge on any atom is -0.340 e. The van der Waals surface area contributed by atoms with Gasteiger partial charge in [0.15, 0.2) is 0 Å². The van der Waals surface area contributed by atoms with Crippen molar-refractivity contribution in [1.82, 2.24) is 10.2 Å². The monoisotopic (exact) mass is 262 g/mol. The average molecular weight is 262 g/mol. The van der Waals surface area contributed by atoms with E-state index in [9.17, 15) is 4.79 Å². The normalized spacial score (nSPS) is 13.4. The number of amides is 1. The third-order valence-electron chi connectivity index (χ3n) is 4.08. The number of benzene rings is 1. The van der Waals surface area contributed by atoms with Gasteiger partial charge in [-0.15, -0.1) is 0 Å². The van der Waals surface area contributed by atoms with E-state index in [0.29, 0.717) is 0 Å². The second-order valence-electron chi connectivity index (χ2n) is 5.27. The maximum absolute atomic E-state index is 12.7. The number of nitrogens with one attached hydrogen (secondary N) is 1. The molecular formula is C16H26N2O. The van der Waals surface area contributed by atoms with Crippen molar-refractivity contribution in [2.75, 3.05) is 14.1 Å². The predicted molar refractivity (Wildman–Crippen MR) is 80.0 cm³/mol. The first-order chi connectivity index (χ1) is 8.97. The van der Waals surface area contributed by atoms with Gasteiger partial charge in [0, 0.05) is 0 Å². The zero-order valence-corrected chi connectivity index (χ0v) is 12.7. The third kappa shape index (κ3) is 3.35. The van der Waals surface area contributed by atoms with E-state index in [4.69, 9.17) is 0 Å². The van der Waals surface area contributed by atoms with E-state index in [1.54, 1.807) is 0 Å². The van der Waals surface area contributed by atoms with Crippen molar-refractivity contribution in [3.63, 3.8) is 0 Å². The molecule has 106 valence electrons. The van der Waals surface area contributed by atoms with Crippen molar-refractivity contribution in [3.05, 3.63) is 35.9 Å². The van der Waals surface area contributed by atoms with Crippen LogP contribution in [0.3, 0.4) is 0 Å². The molecule has 0 aliphatic heterocycles. The Hall–Kier alpha value is -1.35. The summed E-state index contributed by atoms with van der Waals surface area (Å²) in [6.07, 6.45) is 1.65. The largest absolute Gasteiger partial charge is 0.340 e. The van der Waals surface area contributed by atoms with Crippen LogP contribution >= 0.6 is 0 Å². The number of rotatable bonds is 6. The number of hydrogen-bond donors (Lipinski definition) is 1. The Labute approximate surface area is 117 Å². The molecule has 19 heavy (non-hydrogen) atoms. The number of carbonyl (C=O) groups excluding carboxylic acids is 1. The zero-order chi connectivity index (χ0) is 14.5. The molecule has 1 N–H and O–H groups in total. The molecule has 0 heterocycles. The fraction of sp³-hybridized carbons (Fsp3) is 0.562. The van der Waals surface area contributed by atoms with E-state index in [2.05, 4.69) is 19.2 Å². The first-order valence-electron chi connectivity index (χ1n) is 7.00.